The smallest absolute Gasteiger partial charge is 0.306 e. The van der Waals surface area contributed by atoms with Gasteiger partial charge in [0.1, 0.15) is 13.2 Å². The molecule has 0 fully saturated rings. The molecule has 0 radical (unpaired) electrons. The lowest BCUT2D eigenvalue weighted by atomic mass is 10.1. The molecular weight excluding hydrogens is 973 g/mol. The summed E-state index contributed by atoms with van der Waals surface area (Å²) >= 11 is 0. The number of esters is 3. The van der Waals surface area contributed by atoms with Crippen LogP contribution in [0.25, 0.3) is 0 Å². The van der Waals surface area contributed by atoms with Gasteiger partial charge in [-0.1, -0.05) is 254 Å². The molecule has 0 aliphatic rings. The van der Waals surface area contributed by atoms with Crippen LogP contribution in [0.2, 0.25) is 0 Å². The van der Waals surface area contributed by atoms with Gasteiger partial charge >= 0.3 is 17.9 Å². The van der Waals surface area contributed by atoms with Crippen molar-refractivity contribution in [2.24, 2.45) is 0 Å². The maximum absolute atomic E-state index is 12.9. The van der Waals surface area contributed by atoms with Crippen LogP contribution in [0.15, 0.2) is 182 Å². The Hall–Kier alpha value is -5.49. The molecule has 0 saturated carbocycles. The first-order chi connectivity index (χ1) is 39.0. The van der Waals surface area contributed by atoms with Crippen molar-refractivity contribution in [3.63, 3.8) is 0 Å². The molecule has 0 aliphatic carbocycles. The van der Waals surface area contributed by atoms with Crippen LogP contribution in [0.3, 0.4) is 0 Å². The molecule has 0 heterocycles. The van der Waals surface area contributed by atoms with Crippen molar-refractivity contribution >= 4 is 17.9 Å². The molecule has 0 spiro atoms. The summed E-state index contributed by atoms with van der Waals surface area (Å²) in [6, 6.07) is 0. The minimum Gasteiger partial charge on any atom is -0.462 e. The topological polar surface area (TPSA) is 78.9 Å². The van der Waals surface area contributed by atoms with Crippen LogP contribution < -0.4 is 0 Å². The average Bonchev–Trinajstić information content (AvgIpc) is 3.45. The van der Waals surface area contributed by atoms with Crippen molar-refractivity contribution in [1.82, 2.24) is 0 Å². The SMILES string of the molecule is CC/C=C\C/C=C\C/C=C\C/C=C\C/C=C\CCCCCCCCCCCC(=O)OCC(COC(=O)CCC/C=C\C/C=C\C/C=C\C/C=C\C/C=C\CC)OC(=O)CCCCC/C=C\C/C=C\C/C=C\C/C=C\C/C=C\CC. The predicted molar refractivity (Wildman–Crippen MR) is 343 cm³/mol. The minimum atomic E-state index is -0.834. The van der Waals surface area contributed by atoms with Crippen LogP contribution in [-0.2, 0) is 28.6 Å². The van der Waals surface area contributed by atoms with Gasteiger partial charge in [-0.25, -0.2) is 0 Å². The van der Waals surface area contributed by atoms with Crippen LogP contribution in [0, 0.1) is 0 Å². The highest BCUT2D eigenvalue weighted by molar-refractivity contribution is 5.71. The summed E-state index contributed by atoms with van der Waals surface area (Å²) in [7, 11) is 0. The minimum absolute atomic E-state index is 0.122. The summed E-state index contributed by atoms with van der Waals surface area (Å²) in [5, 5.41) is 0. The molecule has 440 valence electrons. The molecular formula is C73H112O6. The molecule has 0 saturated heterocycles. The molecule has 0 rings (SSSR count). The highest BCUT2D eigenvalue weighted by Crippen LogP contribution is 2.14. The summed E-state index contributed by atoms with van der Waals surface area (Å²) in [6.07, 6.45) is 97.5. The fraction of sp³-hybridized carbons (Fsp3) is 0.548. The number of carbonyl (C=O) groups excluding carboxylic acids is 3. The van der Waals surface area contributed by atoms with Crippen molar-refractivity contribution in [3.05, 3.63) is 182 Å². The van der Waals surface area contributed by atoms with Crippen LogP contribution >= 0.6 is 0 Å². The summed E-state index contributed by atoms with van der Waals surface area (Å²) in [6.45, 7) is 6.21. The molecule has 0 amide bonds. The van der Waals surface area contributed by atoms with Gasteiger partial charge in [-0.05, 0) is 148 Å². The van der Waals surface area contributed by atoms with E-state index < -0.39 is 6.10 Å². The van der Waals surface area contributed by atoms with Gasteiger partial charge in [0.15, 0.2) is 6.10 Å². The molecule has 6 nitrogen and oxygen atoms in total. The molecule has 1 atom stereocenters. The second-order valence-electron chi connectivity index (χ2n) is 19.8. The number of carbonyl (C=O) groups is 3. The van der Waals surface area contributed by atoms with Crippen LogP contribution in [-0.4, -0.2) is 37.2 Å². The Bertz CT molecular complexity index is 1870. The van der Waals surface area contributed by atoms with E-state index in [4.69, 9.17) is 14.2 Å². The van der Waals surface area contributed by atoms with Crippen LogP contribution in [0.5, 0.6) is 0 Å². The Morgan fingerprint density at radius 1 is 0.253 bits per heavy atom. The number of hydrogen-bond acceptors (Lipinski definition) is 6. The van der Waals surface area contributed by atoms with Gasteiger partial charge in [0.2, 0.25) is 0 Å². The first-order valence-corrected chi connectivity index (χ1v) is 31.3. The third-order valence-electron chi connectivity index (χ3n) is 12.4. The van der Waals surface area contributed by atoms with Crippen molar-refractivity contribution in [3.8, 4) is 0 Å². The molecule has 0 N–H and O–H groups in total. The Kier molecular flexibility index (Phi) is 60.5. The normalized spacial score (nSPS) is 13.4. The monoisotopic (exact) mass is 1080 g/mol. The Morgan fingerprint density at radius 2 is 0.468 bits per heavy atom. The lowest BCUT2D eigenvalue weighted by Gasteiger charge is -2.18. The van der Waals surface area contributed by atoms with Gasteiger partial charge in [0.25, 0.3) is 0 Å². The van der Waals surface area contributed by atoms with Gasteiger partial charge in [-0.3, -0.25) is 14.4 Å². The molecule has 0 aliphatic heterocycles. The molecule has 0 aromatic heterocycles. The van der Waals surface area contributed by atoms with E-state index in [0.717, 1.165) is 148 Å². The molecule has 6 heteroatoms. The third kappa shape index (κ3) is 63.2. The van der Waals surface area contributed by atoms with Crippen LogP contribution in [0.1, 0.15) is 239 Å². The number of unbranched alkanes of at least 4 members (excludes halogenated alkanes) is 13. The lowest BCUT2D eigenvalue weighted by Crippen LogP contribution is -2.30. The molecule has 79 heavy (non-hydrogen) atoms. The van der Waals surface area contributed by atoms with E-state index in [1.165, 1.54) is 38.5 Å². The van der Waals surface area contributed by atoms with E-state index in [0.29, 0.717) is 19.3 Å². The van der Waals surface area contributed by atoms with Gasteiger partial charge in [0, 0.05) is 19.3 Å². The van der Waals surface area contributed by atoms with Crippen molar-refractivity contribution < 1.29 is 28.6 Å². The highest BCUT2D eigenvalue weighted by Gasteiger charge is 2.19. The van der Waals surface area contributed by atoms with E-state index >= 15 is 0 Å². The van der Waals surface area contributed by atoms with Gasteiger partial charge in [-0.2, -0.15) is 0 Å². The fourth-order valence-electron chi connectivity index (χ4n) is 7.82. The zero-order valence-electron chi connectivity index (χ0n) is 50.3. The quantitative estimate of drug-likeness (QED) is 0.0261. The van der Waals surface area contributed by atoms with Gasteiger partial charge in [0.05, 0.1) is 0 Å². The largest absolute Gasteiger partial charge is 0.462 e. The van der Waals surface area contributed by atoms with Crippen molar-refractivity contribution in [2.75, 3.05) is 13.2 Å². The molecule has 0 aromatic carbocycles. The zero-order chi connectivity index (χ0) is 57.1. The predicted octanol–water partition coefficient (Wildman–Crippen LogP) is 21.7. The van der Waals surface area contributed by atoms with Crippen molar-refractivity contribution in [2.45, 2.75) is 245 Å². The number of allylic oxidation sites excluding steroid dienone is 30. The van der Waals surface area contributed by atoms with Crippen molar-refractivity contribution in [1.29, 1.82) is 0 Å². The Balaban J connectivity index is 4.54. The van der Waals surface area contributed by atoms with Crippen LogP contribution in [0.4, 0.5) is 0 Å². The van der Waals surface area contributed by atoms with E-state index in [1.807, 2.05) is 0 Å². The Morgan fingerprint density at radius 3 is 0.772 bits per heavy atom. The van der Waals surface area contributed by atoms with E-state index in [9.17, 15) is 14.4 Å². The fourth-order valence-corrected chi connectivity index (χ4v) is 7.82. The average molecular weight is 1090 g/mol. The first kappa shape index (κ1) is 73.5. The summed E-state index contributed by atoms with van der Waals surface area (Å²) < 4.78 is 16.8. The summed E-state index contributed by atoms with van der Waals surface area (Å²) in [5.74, 6) is -1.03. The van der Waals surface area contributed by atoms with E-state index in [2.05, 4.69) is 203 Å². The number of hydrogen-bond donors (Lipinski definition) is 0. The van der Waals surface area contributed by atoms with Gasteiger partial charge in [-0.15, -0.1) is 0 Å². The molecule has 0 bridgehead atoms. The first-order valence-electron chi connectivity index (χ1n) is 31.3. The number of ether oxygens (including phenoxy) is 3. The molecule has 0 aromatic rings. The Labute approximate surface area is 484 Å². The second-order valence-corrected chi connectivity index (χ2v) is 19.8. The standard InChI is InChI=1S/C73H112O6/c1-4-7-10-13-16-19-22-25-28-31-33-34-35-36-37-38-40-42-45-48-51-54-57-60-63-66-72(75)78-69-70(68-77-71(74)65-62-59-56-53-50-47-44-41-30-27-24-21-18-15-12-9-6-3)79-73(76)67-64-61-58-55-52-49-46-43-39-32-29-26-23-20-17-14-11-8-5-2/h7-12,16-21,25-30,33-34,36-37,39,43-44,47,49,52-53,56,70H,4-6,13-15,22-24,31-32,35,38,40-42,45-46,48,50-51,54-55,57-69H2,1-3H3/b10-7-,11-8-,12-9-,19-16-,20-17-,21-18-,28-25-,29-26-,30-27-,34-33-,37-36-,43-39-,47-44-,52-49-,56-53-. The maximum atomic E-state index is 12.9. The summed E-state index contributed by atoms with van der Waals surface area (Å²) in [4.78, 5) is 38.3. The lowest BCUT2D eigenvalue weighted by molar-refractivity contribution is -0.167. The highest BCUT2D eigenvalue weighted by atomic mass is 16.6. The third-order valence-corrected chi connectivity index (χ3v) is 12.4. The van der Waals surface area contributed by atoms with Gasteiger partial charge < -0.3 is 14.2 Å². The van der Waals surface area contributed by atoms with E-state index in [-0.39, 0.29) is 44.0 Å². The summed E-state index contributed by atoms with van der Waals surface area (Å²) in [5.41, 5.74) is 0. The number of rotatable bonds is 54. The maximum Gasteiger partial charge on any atom is 0.306 e. The second kappa shape index (κ2) is 65.0. The zero-order valence-corrected chi connectivity index (χ0v) is 50.3. The van der Waals surface area contributed by atoms with E-state index in [1.54, 1.807) is 0 Å². The molecule has 1 unspecified atom stereocenters.